The molecular formula is C21H19F4N3O. The maximum Gasteiger partial charge on any atom is 0.419 e. The second-order valence-electron chi connectivity index (χ2n) is 6.63. The van der Waals surface area contributed by atoms with Gasteiger partial charge in [-0.1, -0.05) is 24.3 Å². The van der Waals surface area contributed by atoms with Crippen molar-refractivity contribution in [1.82, 2.24) is 9.88 Å². The summed E-state index contributed by atoms with van der Waals surface area (Å²) >= 11 is 0. The minimum absolute atomic E-state index is 0.164. The van der Waals surface area contributed by atoms with E-state index in [1.165, 1.54) is 17.2 Å². The predicted molar refractivity (Wildman–Crippen MR) is 104 cm³/mol. The van der Waals surface area contributed by atoms with Crippen LogP contribution in [0.3, 0.4) is 0 Å². The van der Waals surface area contributed by atoms with E-state index >= 15 is 0 Å². The van der Waals surface area contributed by atoms with E-state index in [4.69, 9.17) is 0 Å². The topological polar surface area (TPSA) is 45.2 Å². The van der Waals surface area contributed by atoms with Gasteiger partial charge in [-0.2, -0.15) is 13.2 Å². The molecule has 0 bridgehead atoms. The molecule has 0 saturated carbocycles. The summed E-state index contributed by atoms with van der Waals surface area (Å²) in [6, 6.07) is 8.25. The van der Waals surface area contributed by atoms with Gasteiger partial charge < -0.3 is 10.2 Å². The summed E-state index contributed by atoms with van der Waals surface area (Å²) in [5, 5.41) is 3.78. The molecular weight excluding hydrogens is 386 g/mol. The number of hydrogen-bond acceptors (Lipinski definition) is 3. The van der Waals surface area contributed by atoms with Gasteiger partial charge in [0.25, 0.3) is 5.91 Å². The van der Waals surface area contributed by atoms with Crippen molar-refractivity contribution < 1.29 is 22.4 Å². The third kappa shape index (κ3) is 3.87. The number of carbonyl (C=O) groups excluding carboxylic acids is 1. The van der Waals surface area contributed by atoms with Crippen molar-refractivity contribution in [3.63, 3.8) is 0 Å². The lowest BCUT2D eigenvalue weighted by Crippen LogP contribution is -2.26. The van der Waals surface area contributed by atoms with Crippen LogP contribution in [-0.2, 0) is 6.18 Å². The molecule has 0 aliphatic heterocycles. The Morgan fingerprint density at radius 1 is 1.17 bits per heavy atom. The van der Waals surface area contributed by atoms with E-state index < -0.39 is 17.6 Å². The first-order chi connectivity index (χ1) is 13.6. The van der Waals surface area contributed by atoms with E-state index in [1.807, 2.05) is 19.9 Å². The van der Waals surface area contributed by atoms with Crippen LogP contribution < -0.4 is 5.32 Å². The standard InChI is InChI=1S/C21H19F4N3O/c1-4-28(3)20(29)14-11-26-19(13-8-5-7-12(2)17(13)14)27-16-10-6-9-15(18(16)22)21(23,24)25/h5-11H,4H2,1-3H3,(H,26,27). The van der Waals surface area contributed by atoms with Gasteiger partial charge in [-0.05, 0) is 31.5 Å². The van der Waals surface area contributed by atoms with Crippen LogP contribution in [0.25, 0.3) is 10.8 Å². The molecule has 29 heavy (non-hydrogen) atoms. The molecule has 0 spiro atoms. The SMILES string of the molecule is CCN(C)C(=O)c1cnc(Nc2cccc(C(F)(F)F)c2F)c2cccc(C)c12. The van der Waals surface area contributed by atoms with Gasteiger partial charge in [0.15, 0.2) is 5.82 Å². The van der Waals surface area contributed by atoms with Gasteiger partial charge in [0, 0.05) is 30.6 Å². The lowest BCUT2D eigenvalue weighted by Gasteiger charge is -2.18. The Bertz CT molecular complexity index is 1080. The molecule has 0 aliphatic rings. The number of pyridine rings is 1. The van der Waals surface area contributed by atoms with E-state index in [2.05, 4.69) is 10.3 Å². The van der Waals surface area contributed by atoms with Crippen molar-refractivity contribution in [3.05, 3.63) is 65.1 Å². The molecule has 1 aromatic heterocycles. The van der Waals surface area contributed by atoms with Gasteiger partial charge in [0.1, 0.15) is 5.82 Å². The first kappa shape index (κ1) is 20.6. The third-order valence-corrected chi connectivity index (χ3v) is 4.73. The Labute approximate surface area is 165 Å². The Kier molecular flexibility index (Phi) is 5.46. The van der Waals surface area contributed by atoms with E-state index in [0.29, 0.717) is 28.9 Å². The molecule has 4 nitrogen and oxygen atoms in total. The summed E-state index contributed by atoms with van der Waals surface area (Å²) in [6.45, 7) is 4.16. The third-order valence-electron chi connectivity index (χ3n) is 4.73. The van der Waals surface area contributed by atoms with Gasteiger partial charge >= 0.3 is 6.18 Å². The molecule has 0 radical (unpaired) electrons. The predicted octanol–water partition coefficient (Wildman–Crippen LogP) is 5.54. The van der Waals surface area contributed by atoms with Crippen molar-refractivity contribution in [3.8, 4) is 0 Å². The number of aromatic nitrogens is 1. The lowest BCUT2D eigenvalue weighted by atomic mass is 10.0. The highest BCUT2D eigenvalue weighted by Crippen LogP contribution is 2.36. The van der Waals surface area contributed by atoms with Gasteiger partial charge in [-0.15, -0.1) is 0 Å². The van der Waals surface area contributed by atoms with Crippen LogP contribution in [0.1, 0.15) is 28.4 Å². The fourth-order valence-corrected chi connectivity index (χ4v) is 3.07. The first-order valence-corrected chi connectivity index (χ1v) is 8.91. The molecule has 152 valence electrons. The number of fused-ring (bicyclic) bond motifs is 1. The monoisotopic (exact) mass is 405 g/mol. The highest BCUT2D eigenvalue weighted by Gasteiger charge is 2.35. The van der Waals surface area contributed by atoms with Gasteiger partial charge in [0.2, 0.25) is 0 Å². The van der Waals surface area contributed by atoms with Crippen molar-refractivity contribution in [2.45, 2.75) is 20.0 Å². The van der Waals surface area contributed by atoms with Crippen LogP contribution in [0.5, 0.6) is 0 Å². The van der Waals surface area contributed by atoms with Crippen LogP contribution in [-0.4, -0.2) is 29.4 Å². The van der Waals surface area contributed by atoms with E-state index in [1.54, 1.807) is 19.2 Å². The zero-order chi connectivity index (χ0) is 21.3. The van der Waals surface area contributed by atoms with Crippen LogP contribution in [0.15, 0.2) is 42.6 Å². The van der Waals surface area contributed by atoms with Gasteiger partial charge in [-0.3, -0.25) is 4.79 Å². The maximum atomic E-state index is 14.4. The molecule has 0 fully saturated rings. The fraction of sp³-hybridized carbons (Fsp3) is 0.238. The lowest BCUT2D eigenvalue weighted by molar-refractivity contribution is -0.139. The minimum atomic E-state index is -4.81. The molecule has 0 atom stereocenters. The fourth-order valence-electron chi connectivity index (χ4n) is 3.07. The van der Waals surface area contributed by atoms with Gasteiger partial charge in [-0.25, -0.2) is 9.37 Å². The summed E-state index contributed by atoms with van der Waals surface area (Å²) in [5.41, 5.74) is -0.540. The van der Waals surface area contributed by atoms with Crippen LogP contribution in [0, 0.1) is 12.7 Å². The number of carbonyl (C=O) groups is 1. The number of hydrogen-bond donors (Lipinski definition) is 1. The zero-order valence-electron chi connectivity index (χ0n) is 16.1. The summed E-state index contributed by atoms with van der Waals surface area (Å²) in [4.78, 5) is 18.4. The average molecular weight is 405 g/mol. The maximum absolute atomic E-state index is 14.4. The summed E-state index contributed by atoms with van der Waals surface area (Å²) < 4.78 is 53.4. The number of benzene rings is 2. The molecule has 3 aromatic rings. The largest absolute Gasteiger partial charge is 0.419 e. The quantitative estimate of drug-likeness (QED) is 0.580. The molecule has 3 rings (SSSR count). The molecule has 1 heterocycles. The Morgan fingerprint density at radius 2 is 1.86 bits per heavy atom. The average Bonchev–Trinajstić information content (AvgIpc) is 2.68. The molecule has 2 aromatic carbocycles. The molecule has 0 unspecified atom stereocenters. The number of rotatable bonds is 4. The van der Waals surface area contributed by atoms with E-state index in [0.717, 1.165) is 11.6 Å². The highest BCUT2D eigenvalue weighted by molar-refractivity contribution is 6.10. The summed E-state index contributed by atoms with van der Waals surface area (Å²) in [7, 11) is 1.66. The van der Waals surface area contributed by atoms with E-state index in [-0.39, 0.29) is 17.4 Å². The smallest absolute Gasteiger partial charge is 0.342 e. The van der Waals surface area contributed by atoms with Crippen molar-refractivity contribution in [1.29, 1.82) is 0 Å². The van der Waals surface area contributed by atoms with Crippen molar-refractivity contribution >= 4 is 28.2 Å². The van der Waals surface area contributed by atoms with Crippen LogP contribution in [0.4, 0.5) is 29.1 Å². The normalized spacial score (nSPS) is 11.6. The first-order valence-electron chi connectivity index (χ1n) is 8.91. The summed E-state index contributed by atoms with van der Waals surface area (Å²) in [6.07, 6.45) is -3.45. The minimum Gasteiger partial charge on any atom is -0.342 e. The second kappa shape index (κ2) is 7.69. The molecule has 8 heteroatoms. The molecule has 0 saturated heterocycles. The Balaban J connectivity index is 2.14. The highest BCUT2D eigenvalue weighted by atomic mass is 19.4. The molecule has 1 N–H and O–H groups in total. The van der Waals surface area contributed by atoms with Gasteiger partial charge in [0.05, 0.1) is 16.8 Å². The van der Waals surface area contributed by atoms with Crippen molar-refractivity contribution in [2.75, 3.05) is 18.9 Å². The molecule has 0 aliphatic carbocycles. The molecule has 1 amide bonds. The number of amides is 1. The van der Waals surface area contributed by atoms with Crippen LogP contribution >= 0.6 is 0 Å². The number of aryl methyl sites for hydroxylation is 1. The number of nitrogens with zero attached hydrogens (tertiary/aromatic N) is 2. The van der Waals surface area contributed by atoms with E-state index in [9.17, 15) is 22.4 Å². The Hall–Kier alpha value is -3.16. The number of halogens is 4. The summed E-state index contributed by atoms with van der Waals surface area (Å²) in [5.74, 6) is -1.47. The second-order valence-corrected chi connectivity index (χ2v) is 6.63. The number of anilines is 2. The zero-order valence-corrected chi connectivity index (χ0v) is 16.1. The number of alkyl halides is 3. The van der Waals surface area contributed by atoms with Crippen molar-refractivity contribution in [2.24, 2.45) is 0 Å². The number of nitrogens with one attached hydrogen (secondary N) is 1. The van der Waals surface area contributed by atoms with Crippen LogP contribution in [0.2, 0.25) is 0 Å². The Morgan fingerprint density at radius 3 is 2.52 bits per heavy atom.